The number of rotatable bonds is 9. The zero-order valence-electron chi connectivity index (χ0n) is 15.6. The molecule has 1 amide bonds. The molecule has 2 N–H and O–H groups in total. The molecule has 0 aliphatic carbocycles. The molecule has 10 heteroatoms. The molecular formula is C18H20N2O8. The molecule has 0 atom stereocenters. The van der Waals surface area contributed by atoms with E-state index in [1.165, 1.54) is 32.6 Å². The smallest absolute Gasteiger partial charge is 0.311 e. The summed E-state index contributed by atoms with van der Waals surface area (Å²) in [5, 5.41) is 22.9. The number of nitro groups is 1. The number of carboxylic acid groups (broad SMARTS) is 1. The maximum atomic E-state index is 12.4. The molecule has 0 fully saturated rings. The number of hydrogen-bond acceptors (Lipinski definition) is 7. The normalized spacial score (nSPS) is 10.4. The van der Waals surface area contributed by atoms with Gasteiger partial charge >= 0.3 is 5.97 Å². The second kappa shape index (κ2) is 8.89. The molecule has 2 aromatic rings. The lowest BCUT2D eigenvalue weighted by Gasteiger charge is -2.11. The van der Waals surface area contributed by atoms with Gasteiger partial charge in [0.25, 0.3) is 11.6 Å². The highest BCUT2D eigenvalue weighted by Crippen LogP contribution is 2.34. The van der Waals surface area contributed by atoms with Crippen LogP contribution in [-0.2, 0) is 17.6 Å². The topological polar surface area (TPSA) is 141 Å². The summed E-state index contributed by atoms with van der Waals surface area (Å²) in [4.78, 5) is 34.1. The lowest BCUT2D eigenvalue weighted by molar-refractivity contribution is -0.385. The van der Waals surface area contributed by atoms with Gasteiger partial charge < -0.3 is 24.3 Å². The fraction of sp³-hybridized carbons (Fsp3) is 0.333. The number of benzene rings is 1. The number of furan rings is 1. The minimum absolute atomic E-state index is 0.0552. The van der Waals surface area contributed by atoms with Gasteiger partial charge in [0, 0.05) is 17.7 Å². The van der Waals surface area contributed by atoms with Crippen molar-refractivity contribution in [2.75, 3.05) is 20.8 Å². The molecular weight excluding hydrogens is 372 g/mol. The van der Waals surface area contributed by atoms with E-state index < -0.39 is 23.2 Å². The number of nitrogens with one attached hydrogen (secondary N) is 1. The van der Waals surface area contributed by atoms with E-state index in [4.69, 9.17) is 19.0 Å². The first kappa shape index (κ1) is 20.7. The Labute approximate surface area is 160 Å². The summed E-state index contributed by atoms with van der Waals surface area (Å²) in [5.74, 6) is -1.01. The molecule has 0 radical (unpaired) electrons. The number of carbonyl (C=O) groups excluding carboxylic acids is 1. The molecule has 0 aliphatic rings. The second-order valence-corrected chi connectivity index (χ2v) is 5.89. The average Bonchev–Trinajstić information content (AvgIpc) is 3.00. The minimum atomic E-state index is -1.12. The number of hydrogen-bond donors (Lipinski definition) is 2. The predicted molar refractivity (Wildman–Crippen MR) is 97.0 cm³/mol. The van der Waals surface area contributed by atoms with Crippen molar-refractivity contribution in [2.45, 2.75) is 19.8 Å². The van der Waals surface area contributed by atoms with E-state index in [1.807, 2.05) is 0 Å². The number of carbonyl (C=O) groups is 2. The molecule has 1 heterocycles. The number of ether oxygens (including phenoxy) is 2. The number of carboxylic acids is 1. The van der Waals surface area contributed by atoms with Crippen LogP contribution in [0.5, 0.6) is 11.5 Å². The zero-order chi connectivity index (χ0) is 20.8. The third kappa shape index (κ3) is 4.58. The van der Waals surface area contributed by atoms with E-state index in [-0.39, 0.29) is 35.7 Å². The summed E-state index contributed by atoms with van der Waals surface area (Å²) in [6.45, 7) is 1.72. The average molecular weight is 392 g/mol. The van der Waals surface area contributed by atoms with Gasteiger partial charge in [-0.1, -0.05) is 0 Å². The van der Waals surface area contributed by atoms with Crippen molar-refractivity contribution in [3.8, 4) is 11.5 Å². The highest BCUT2D eigenvalue weighted by Gasteiger charge is 2.22. The van der Waals surface area contributed by atoms with Gasteiger partial charge in [-0.05, 0) is 19.4 Å². The van der Waals surface area contributed by atoms with Gasteiger partial charge in [0.1, 0.15) is 12.2 Å². The molecule has 150 valence electrons. The highest BCUT2D eigenvalue weighted by molar-refractivity contribution is 5.97. The van der Waals surface area contributed by atoms with Gasteiger partial charge in [0.2, 0.25) is 0 Å². The number of aliphatic carboxylic acids is 1. The molecule has 0 spiro atoms. The fourth-order valence-electron chi connectivity index (χ4n) is 2.75. The fourth-order valence-corrected chi connectivity index (χ4v) is 2.75. The quantitative estimate of drug-likeness (QED) is 0.488. The van der Waals surface area contributed by atoms with Gasteiger partial charge in [-0.25, -0.2) is 0 Å². The van der Waals surface area contributed by atoms with Gasteiger partial charge in [0.05, 0.1) is 37.0 Å². The van der Waals surface area contributed by atoms with Crippen LogP contribution >= 0.6 is 0 Å². The van der Waals surface area contributed by atoms with Crippen molar-refractivity contribution < 1.29 is 33.5 Å². The van der Waals surface area contributed by atoms with Crippen LogP contribution in [0.1, 0.15) is 27.2 Å². The Balaban J connectivity index is 2.15. The Kier molecular flexibility index (Phi) is 6.59. The van der Waals surface area contributed by atoms with Crippen LogP contribution in [-0.4, -0.2) is 42.7 Å². The van der Waals surface area contributed by atoms with Crippen molar-refractivity contribution in [2.24, 2.45) is 0 Å². The molecule has 28 heavy (non-hydrogen) atoms. The largest absolute Gasteiger partial charge is 0.493 e. The summed E-state index contributed by atoms with van der Waals surface area (Å²) in [6.07, 6.45) is 1.05. The van der Waals surface area contributed by atoms with Crippen LogP contribution < -0.4 is 14.8 Å². The molecule has 10 nitrogen and oxygen atoms in total. The van der Waals surface area contributed by atoms with Crippen molar-refractivity contribution in [3.63, 3.8) is 0 Å². The Morgan fingerprint density at radius 2 is 1.89 bits per heavy atom. The van der Waals surface area contributed by atoms with Crippen LogP contribution in [0.4, 0.5) is 5.69 Å². The number of nitrogens with zero attached hydrogens (tertiary/aromatic N) is 1. The summed E-state index contributed by atoms with van der Waals surface area (Å²) in [7, 11) is 2.80. The maximum absolute atomic E-state index is 12.4. The van der Waals surface area contributed by atoms with Crippen LogP contribution in [0.2, 0.25) is 0 Å². The SMILES string of the molecule is COc1cc(CCNC(=O)c2c(C)coc2CC(=O)O)c([N+](=O)[O-])cc1OC. The van der Waals surface area contributed by atoms with Crippen molar-refractivity contribution in [1.82, 2.24) is 5.32 Å². The third-order valence-electron chi connectivity index (χ3n) is 4.05. The van der Waals surface area contributed by atoms with Gasteiger partial charge in [-0.15, -0.1) is 0 Å². The van der Waals surface area contributed by atoms with Gasteiger partial charge in [-0.2, -0.15) is 0 Å². The van der Waals surface area contributed by atoms with Crippen LogP contribution in [0, 0.1) is 17.0 Å². The Bertz CT molecular complexity index is 903. The van der Waals surface area contributed by atoms with Crippen LogP contribution in [0.25, 0.3) is 0 Å². The second-order valence-electron chi connectivity index (χ2n) is 5.89. The molecule has 1 aromatic carbocycles. The lowest BCUT2D eigenvalue weighted by Crippen LogP contribution is -2.27. The minimum Gasteiger partial charge on any atom is -0.493 e. The summed E-state index contributed by atoms with van der Waals surface area (Å²) in [6, 6.07) is 2.75. The third-order valence-corrected chi connectivity index (χ3v) is 4.05. The van der Waals surface area contributed by atoms with Crippen molar-refractivity contribution >= 4 is 17.6 Å². The predicted octanol–water partition coefficient (Wildman–Crippen LogP) is 2.11. The lowest BCUT2D eigenvalue weighted by atomic mass is 10.1. The number of nitro benzene ring substituents is 1. The molecule has 2 rings (SSSR count). The van der Waals surface area contributed by atoms with Gasteiger partial charge in [0.15, 0.2) is 11.5 Å². The van der Waals surface area contributed by atoms with Crippen LogP contribution in [0.15, 0.2) is 22.8 Å². The standard InChI is InChI=1S/C18H20N2O8/c1-10-9-28-15(8-16(21)22)17(10)18(23)19-5-4-11-6-13(26-2)14(27-3)7-12(11)20(24)25/h6-7,9H,4-5,8H2,1-3H3,(H,19,23)(H,21,22). The van der Waals surface area contributed by atoms with E-state index in [0.29, 0.717) is 16.9 Å². The number of amides is 1. The van der Waals surface area contributed by atoms with E-state index in [1.54, 1.807) is 6.92 Å². The number of aryl methyl sites for hydroxylation is 1. The van der Waals surface area contributed by atoms with E-state index in [9.17, 15) is 19.7 Å². The highest BCUT2D eigenvalue weighted by atomic mass is 16.6. The monoisotopic (exact) mass is 392 g/mol. The Morgan fingerprint density at radius 1 is 1.25 bits per heavy atom. The Hall–Kier alpha value is -3.56. The molecule has 0 bridgehead atoms. The molecule has 1 aromatic heterocycles. The molecule has 0 aliphatic heterocycles. The summed E-state index contributed by atoms with van der Waals surface area (Å²) >= 11 is 0. The molecule has 0 saturated carbocycles. The van der Waals surface area contributed by atoms with Crippen molar-refractivity contribution in [1.29, 1.82) is 0 Å². The van der Waals surface area contributed by atoms with Crippen molar-refractivity contribution in [3.05, 3.63) is 51.0 Å². The summed E-state index contributed by atoms with van der Waals surface area (Å²) < 4.78 is 15.4. The molecule has 0 unspecified atom stereocenters. The first-order valence-corrected chi connectivity index (χ1v) is 8.24. The van der Waals surface area contributed by atoms with E-state index >= 15 is 0 Å². The first-order valence-electron chi connectivity index (χ1n) is 8.24. The van der Waals surface area contributed by atoms with E-state index in [0.717, 1.165) is 0 Å². The molecule has 0 saturated heterocycles. The maximum Gasteiger partial charge on any atom is 0.311 e. The van der Waals surface area contributed by atoms with Crippen LogP contribution in [0.3, 0.4) is 0 Å². The number of methoxy groups -OCH3 is 2. The van der Waals surface area contributed by atoms with E-state index in [2.05, 4.69) is 5.32 Å². The first-order chi connectivity index (χ1) is 13.3. The Morgan fingerprint density at radius 3 is 2.46 bits per heavy atom. The van der Waals surface area contributed by atoms with Gasteiger partial charge in [-0.3, -0.25) is 19.7 Å². The summed E-state index contributed by atoms with van der Waals surface area (Å²) in [5.41, 5.74) is 0.866. The zero-order valence-corrected chi connectivity index (χ0v) is 15.6.